The number of ketones is 1. The first-order valence-electron chi connectivity index (χ1n) is 12.4. The summed E-state index contributed by atoms with van der Waals surface area (Å²) in [4.78, 5) is 37.9. The monoisotopic (exact) mass is 438 g/mol. The number of aliphatic hydroxyl groups excluding tert-OH is 1. The van der Waals surface area contributed by atoms with Crippen molar-refractivity contribution < 1.29 is 19.5 Å². The number of carbonyl (C=O) groups is 3. The third kappa shape index (κ3) is 11.1. The fraction of sp³-hybridized carbons (Fsp3) is 0.880. The van der Waals surface area contributed by atoms with E-state index in [1.807, 2.05) is 20.8 Å². The van der Waals surface area contributed by atoms with Crippen molar-refractivity contribution in [3.05, 3.63) is 0 Å². The minimum absolute atomic E-state index is 0.124. The average Bonchev–Trinajstić information content (AvgIpc) is 2.71. The lowest BCUT2D eigenvalue weighted by Gasteiger charge is -2.31. The standard InChI is InChI=1S/C25H46N2O4/c1-6-10-22(28)24(30)20(16-19-11-8-7-9-12-19)27-25(31)21(15-18(4)5)26-23(29)14-13-17(2)3/h17-21,24,30H,6-16H2,1-5H3,(H,26,29)(H,27,31)/t20-,21-,24+/m0/s1. The summed E-state index contributed by atoms with van der Waals surface area (Å²) in [5, 5.41) is 16.6. The van der Waals surface area contributed by atoms with Gasteiger partial charge in [-0.2, -0.15) is 0 Å². The Labute approximate surface area is 189 Å². The molecule has 0 unspecified atom stereocenters. The van der Waals surface area contributed by atoms with Crippen molar-refractivity contribution in [3.8, 4) is 0 Å². The summed E-state index contributed by atoms with van der Waals surface area (Å²) in [7, 11) is 0. The highest BCUT2D eigenvalue weighted by Gasteiger charge is 2.32. The van der Waals surface area contributed by atoms with Gasteiger partial charge in [-0.1, -0.05) is 66.7 Å². The van der Waals surface area contributed by atoms with Crippen molar-refractivity contribution >= 4 is 17.6 Å². The van der Waals surface area contributed by atoms with Crippen molar-refractivity contribution in [1.82, 2.24) is 10.6 Å². The molecular formula is C25H46N2O4. The van der Waals surface area contributed by atoms with Gasteiger partial charge in [0.2, 0.25) is 11.8 Å². The highest BCUT2D eigenvalue weighted by Crippen LogP contribution is 2.28. The Morgan fingerprint density at radius 2 is 1.58 bits per heavy atom. The minimum atomic E-state index is -1.19. The topological polar surface area (TPSA) is 95.5 Å². The van der Waals surface area contributed by atoms with E-state index in [0.29, 0.717) is 43.9 Å². The maximum atomic E-state index is 13.1. The van der Waals surface area contributed by atoms with Crippen LogP contribution in [0.15, 0.2) is 0 Å². The quantitative estimate of drug-likeness (QED) is 0.380. The van der Waals surface area contributed by atoms with Crippen molar-refractivity contribution in [1.29, 1.82) is 0 Å². The zero-order valence-corrected chi connectivity index (χ0v) is 20.4. The summed E-state index contributed by atoms with van der Waals surface area (Å²) in [6.07, 6.45) is 7.77. The lowest BCUT2D eigenvalue weighted by molar-refractivity contribution is -0.133. The van der Waals surface area contributed by atoms with E-state index in [1.165, 1.54) is 6.42 Å². The average molecular weight is 439 g/mol. The number of hydrogen-bond donors (Lipinski definition) is 3. The van der Waals surface area contributed by atoms with Crippen molar-refractivity contribution in [2.45, 2.75) is 123 Å². The predicted octanol–water partition coefficient (Wildman–Crippen LogP) is 4.14. The Morgan fingerprint density at radius 1 is 0.935 bits per heavy atom. The SMILES string of the molecule is CCCC(=O)[C@H](O)[C@H](CC1CCCCC1)NC(=O)[C@H](CC(C)C)NC(=O)CCC(C)C. The molecule has 1 fully saturated rings. The van der Waals surface area contributed by atoms with Gasteiger partial charge in [-0.15, -0.1) is 0 Å². The van der Waals surface area contributed by atoms with Crippen LogP contribution in [0.25, 0.3) is 0 Å². The molecule has 0 heterocycles. The van der Waals surface area contributed by atoms with Crippen LogP contribution >= 0.6 is 0 Å². The largest absolute Gasteiger partial charge is 0.383 e. The smallest absolute Gasteiger partial charge is 0.242 e. The molecule has 0 saturated heterocycles. The Kier molecular flexibility index (Phi) is 13.0. The molecule has 0 aromatic rings. The van der Waals surface area contributed by atoms with E-state index >= 15 is 0 Å². The Bertz CT molecular complexity index is 556. The Hall–Kier alpha value is -1.43. The number of amides is 2. The summed E-state index contributed by atoms with van der Waals surface area (Å²) in [6, 6.07) is -1.25. The second kappa shape index (κ2) is 14.6. The summed E-state index contributed by atoms with van der Waals surface area (Å²) in [6.45, 7) is 10.1. The van der Waals surface area contributed by atoms with Crippen molar-refractivity contribution in [3.63, 3.8) is 0 Å². The van der Waals surface area contributed by atoms with Crippen LogP contribution in [0.1, 0.15) is 105 Å². The normalized spacial score (nSPS) is 17.9. The lowest BCUT2D eigenvalue weighted by atomic mass is 9.83. The van der Waals surface area contributed by atoms with E-state index in [1.54, 1.807) is 0 Å². The molecule has 0 aromatic heterocycles. The van der Waals surface area contributed by atoms with Crippen LogP contribution in [0.2, 0.25) is 0 Å². The second-order valence-electron chi connectivity index (χ2n) is 10.2. The van der Waals surface area contributed by atoms with Crippen LogP contribution < -0.4 is 10.6 Å². The van der Waals surface area contributed by atoms with E-state index in [-0.39, 0.29) is 23.5 Å². The number of Topliss-reactive ketones (excluding diaryl/α,β-unsaturated/α-hetero) is 1. The van der Waals surface area contributed by atoms with Gasteiger partial charge in [-0.05, 0) is 43.4 Å². The summed E-state index contributed by atoms with van der Waals surface area (Å²) < 4.78 is 0. The molecule has 1 aliphatic rings. The predicted molar refractivity (Wildman–Crippen MR) is 125 cm³/mol. The first-order valence-corrected chi connectivity index (χ1v) is 12.4. The molecule has 3 atom stereocenters. The van der Waals surface area contributed by atoms with Gasteiger partial charge < -0.3 is 15.7 Å². The molecule has 0 spiro atoms. The van der Waals surface area contributed by atoms with Crippen molar-refractivity contribution in [2.75, 3.05) is 0 Å². The molecule has 0 bridgehead atoms. The number of hydrogen-bond acceptors (Lipinski definition) is 4. The number of rotatable bonds is 14. The molecule has 0 aromatic carbocycles. The van der Waals surface area contributed by atoms with Gasteiger partial charge in [0.15, 0.2) is 5.78 Å². The van der Waals surface area contributed by atoms with Gasteiger partial charge in [0, 0.05) is 12.8 Å². The molecule has 6 nitrogen and oxygen atoms in total. The molecule has 180 valence electrons. The Balaban J connectivity index is 2.87. The molecule has 2 amide bonds. The Morgan fingerprint density at radius 3 is 2.13 bits per heavy atom. The van der Waals surface area contributed by atoms with Crippen LogP contribution in [0, 0.1) is 17.8 Å². The summed E-state index contributed by atoms with van der Waals surface area (Å²) >= 11 is 0. The fourth-order valence-electron chi connectivity index (χ4n) is 4.34. The molecular weight excluding hydrogens is 392 g/mol. The van der Waals surface area contributed by atoms with Crippen LogP contribution in [0.5, 0.6) is 0 Å². The first kappa shape index (κ1) is 27.6. The minimum Gasteiger partial charge on any atom is -0.383 e. The first-order chi connectivity index (χ1) is 14.6. The highest BCUT2D eigenvalue weighted by molar-refractivity contribution is 5.89. The zero-order chi connectivity index (χ0) is 23.4. The fourth-order valence-corrected chi connectivity index (χ4v) is 4.34. The lowest BCUT2D eigenvalue weighted by Crippen LogP contribution is -2.54. The molecule has 3 N–H and O–H groups in total. The van der Waals surface area contributed by atoms with E-state index in [2.05, 4.69) is 24.5 Å². The molecule has 1 aliphatic carbocycles. The number of aliphatic hydroxyl groups is 1. The van der Waals surface area contributed by atoms with Gasteiger partial charge in [-0.3, -0.25) is 14.4 Å². The highest BCUT2D eigenvalue weighted by atomic mass is 16.3. The molecule has 0 radical (unpaired) electrons. The number of nitrogens with one attached hydrogen (secondary N) is 2. The van der Waals surface area contributed by atoms with E-state index in [4.69, 9.17) is 0 Å². The van der Waals surface area contributed by atoms with Gasteiger partial charge in [0.25, 0.3) is 0 Å². The molecule has 0 aliphatic heterocycles. The molecule has 1 rings (SSSR count). The van der Waals surface area contributed by atoms with Gasteiger partial charge in [0.1, 0.15) is 12.1 Å². The molecule has 31 heavy (non-hydrogen) atoms. The second-order valence-corrected chi connectivity index (χ2v) is 10.2. The molecule has 6 heteroatoms. The van der Waals surface area contributed by atoms with Crippen molar-refractivity contribution in [2.24, 2.45) is 17.8 Å². The number of carbonyl (C=O) groups excluding carboxylic acids is 3. The van der Waals surface area contributed by atoms with Crippen LogP contribution in [0.4, 0.5) is 0 Å². The van der Waals surface area contributed by atoms with Gasteiger partial charge in [0.05, 0.1) is 6.04 Å². The van der Waals surface area contributed by atoms with E-state index < -0.39 is 18.2 Å². The van der Waals surface area contributed by atoms with Gasteiger partial charge in [-0.25, -0.2) is 0 Å². The summed E-state index contributed by atoms with van der Waals surface area (Å²) in [5.74, 6) is 0.418. The zero-order valence-electron chi connectivity index (χ0n) is 20.4. The maximum absolute atomic E-state index is 13.1. The summed E-state index contributed by atoms with van der Waals surface area (Å²) in [5.41, 5.74) is 0. The third-order valence-corrected chi connectivity index (χ3v) is 6.15. The van der Waals surface area contributed by atoms with Crippen LogP contribution in [-0.2, 0) is 14.4 Å². The van der Waals surface area contributed by atoms with Crippen LogP contribution in [0.3, 0.4) is 0 Å². The van der Waals surface area contributed by atoms with Gasteiger partial charge >= 0.3 is 0 Å². The van der Waals surface area contributed by atoms with E-state index in [0.717, 1.165) is 32.1 Å². The maximum Gasteiger partial charge on any atom is 0.242 e. The molecule has 1 saturated carbocycles. The van der Waals surface area contributed by atoms with Crippen LogP contribution in [-0.4, -0.2) is 40.9 Å². The third-order valence-electron chi connectivity index (χ3n) is 6.15. The van der Waals surface area contributed by atoms with E-state index in [9.17, 15) is 19.5 Å².